The maximum atomic E-state index is 9.66. The van der Waals surface area contributed by atoms with Crippen molar-refractivity contribution in [1.29, 1.82) is 0 Å². The second-order valence-electron chi connectivity index (χ2n) is 4.52. The topological polar surface area (TPSA) is 42.4 Å². The molecule has 1 N–H and O–H groups in total. The Bertz CT molecular complexity index is 282. The number of aromatic nitrogens is 1. The summed E-state index contributed by atoms with van der Waals surface area (Å²) < 4.78 is 6.14. The predicted octanol–water partition coefficient (Wildman–Crippen LogP) is 0.795. The molecule has 0 aliphatic heterocycles. The molecule has 0 aromatic carbocycles. The van der Waals surface area contributed by atoms with E-state index in [0.29, 0.717) is 6.61 Å². The molecule has 4 nitrogen and oxygen atoms in total. The molecule has 1 unspecified atom stereocenters. The highest BCUT2D eigenvalue weighted by Crippen LogP contribution is 2.12. The van der Waals surface area contributed by atoms with Crippen LogP contribution >= 0.6 is 0 Å². The van der Waals surface area contributed by atoms with Gasteiger partial charge in [-0.2, -0.15) is 0 Å². The van der Waals surface area contributed by atoms with Crippen LogP contribution < -0.4 is 0 Å². The molecule has 0 aliphatic carbocycles. The molecule has 0 fully saturated rings. The minimum absolute atomic E-state index is 0.535. The maximum absolute atomic E-state index is 9.66. The van der Waals surface area contributed by atoms with Crippen LogP contribution in [0.25, 0.3) is 0 Å². The molecule has 15 heavy (non-hydrogen) atoms. The van der Waals surface area contributed by atoms with E-state index in [4.69, 9.17) is 4.74 Å². The summed E-state index contributed by atoms with van der Waals surface area (Å²) in [5.41, 5.74) is 0.742. The highest BCUT2D eigenvalue weighted by atomic mass is 16.6. The molecule has 0 aliphatic rings. The number of quaternary nitrogens is 1. The third-order valence-electron chi connectivity index (χ3n) is 2.03. The van der Waals surface area contributed by atoms with Gasteiger partial charge in [0.1, 0.15) is 6.54 Å². The molecule has 0 radical (unpaired) electrons. The van der Waals surface area contributed by atoms with Crippen molar-refractivity contribution in [3.05, 3.63) is 30.1 Å². The van der Waals surface area contributed by atoms with Crippen LogP contribution in [0.15, 0.2) is 24.5 Å². The number of nitrogens with zero attached hydrogens (tertiary/aromatic N) is 2. The Labute approximate surface area is 90.7 Å². The molecule has 0 saturated carbocycles. The molecule has 0 saturated heterocycles. The van der Waals surface area contributed by atoms with Gasteiger partial charge in [-0.1, -0.05) is 0 Å². The van der Waals surface area contributed by atoms with Crippen molar-refractivity contribution in [3.8, 4) is 0 Å². The zero-order valence-corrected chi connectivity index (χ0v) is 9.55. The van der Waals surface area contributed by atoms with Crippen LogP contribution in [0.1, 0.15) is 11.9 Å². The minimum atomic E-state index is -0.848. The summed E-state index contributed by atoms with van der Waals surface area (Å²) in [5, 5.41) is 9.66. The van der Waals surface area contributed by atoms with Gasteiger partial charge in [0.05, 0.1) is 27.7 Å². The highest BCUT2D eigenvalue weighted by Gasteiger charge is 2.10. The summed E-state index contributed by atoms with van der Waals surface area (Å²) in [6.45, 7) is 1.40. The van der Waals surface area contributed by atoms with Gasteiger partial charge in [-0.3, -0.25) is 4.98 Å². The first-order chi connectivity index (χ1) is 6.99. The van der Waals surface area contributed by atoms with E-state index in [9.17, 15) is 5.11 Å². The van der Waals surface area contributed by atoms with Gasteiger partial charge >= 0.3 is 0 Å². The van der Waals surface area contributed by atoms with Gasteiger partial charge in [-0.15, -0.1) is 0 Å². The van der Waals surface area contributed by atoms with E-state index < -0.39 is 6.29 Å². The van der Waals surface area contributed by atoms with Crippen molar-refractivity contribution in [2.75, 3.05) is 34.3 Å². The van der Waals surface area contributed by atoms with Crippen LogP contribution in [0.5, 0.6) is 0 Å². The lowest BCUT2D eigenvalue weighted by Crippen LogP contribution is -2.37. The minimum Gasteiger partial charge on any atom is -0.364 e. The average Bonchev–Trinajstić information content (AvgIpc) is 2.17. The Kier molecular flexibility index (Phi) is 4.20. The smallest absolute Gasteiger partial charge is 0.181 e. The van der Waals surface area contributed by atoms with E-state index in [0.717, 1.165) is 16.6 Å². The standard InChI is InChI=1S/C11H19N2O2/c1-13(2,3)8-9-15-11(14)10-4-6-12-7-5-10/h4-7,11,14H,8-9H2,1-3H3/q+1. The zero-order valence-electron chi connectivity index (χ0n) is 9.55. The van der Waals surface area contributed by atoms with Crippen LogP contribution in [-0.2, 0) is 4.74 Å². The molecule has 4 heteroatoms. The number of ether oxygens (including phenoxy) is 1. The van der Waals surface area contributed by atoms with Crippen LogP contribution in [0.4, 0.5) is 0 Å². The Morgan fingerprint density at radius 3 is 2.47 bits per heavy atom. The third-order valence-corrected chi connectivity index (χ3v) is 2.03. The fourth-order valence-corrected chi connectivity index (χ4v) is 1.06. The number of hydrogen-bond acceptors (Lipinski definition) is 3. The Morgan fingerprint density at radius 1 is 1.33 bits per heavy atom. The maximum Gasteiger partial charge on any atom is 0.181 e. The van der Waals surface area contributed by atoms with Crippen LogP contribution in [0.3, 0.4) is 0 Å². The number of aliphatic hydroxyl groups excluding tert-OH is 1. The van der Waals surface area contributed by atoms with Gasteiger partial charge in [-0.05, 0) is 12.1 Å². The average molecular weight is 211 g/mol. The third kappa shape index (κ3) is 4.88. The first-order valence-corrected chi connectivity index (χ1v) is 4.99. The quantitative estimate of drug-likeness (QED) is 0.578. The lowest BCUT2D eigenvalue weighted by molar-refractivity contribution is -0.871. The predicted molar refractivity (Wildman–Crippen MR) is 58.0 cm³/mol. The second-order valence-corrected chi connectivity index (χ2v) is 4.52. The van der Waals surface area contributed by atoms with Crippen molar-refractivity contribution in [2.45, 2.75) is 6.29 Å². The van der Waals surface area contributed by atoms with E-state index in [-0.39, 0.29) is 0 Å². The zero-order chi connectivity index (χ0) is 11.3. The van der Waals surface area contributed by atoms with Crippen molar-refractivity contribution in [1.82, 2.24) is 4.98 Å². The molecule has 1 atom stereocenters. The Hall–Kier alpha value is -0.970. The lowest BCUT2D eigenvalue weighted by atomic mass is 10.3. The van der Waals surface area contributed by atoms with Gasteiger partial charge in [0.15, 0.2) is 6.29 Å². The fourth-order valence-electron chi connectivity index (χ4n) is 1.06. The summed E-state index contributed by atoms with van der Waals surface area (Å²) in [7, 11) is 6.26. The van der Waals surface area contributed by atoms with Gasteiger partial charge in [0.25, 0.3) is 0 Å². The number of pyridine rings is 1. The molecule has 0 bridgehead atoms. The van der Waals surface area contributed by atoms with Crippen molar-refractivity contribution in [3.63, 3.8) is 0 Å². The number of likely N-dealkylation sites (N-methyl/N-ethyl adjacent to an activating group) is 1. The first-order valence-electron chi connectivity index (χ1n) is 4.99. The van der Waals surface area contributed by atoms with E-state index in [1.165, 1.54) is 0 Å². The summed E-state index contributed by atoms with van der Waals surface area (Å²) in [5.74, 6) is 0. The summed E-state index contributed by atoms with van der Waals surface area (Å²) in [6.07, 6.45) is 2.43. The van der Waals surface area contributed by atoms with Gasteiger partial charge in [0.2, 0.25) is 0 Å². The van der Waals surface area contributed by atoms with Crippen LogP contribution in [-0.4, -0.2) is 48.9 Å². The second kappa shape index (κ2) is 5.21. The van der Waals surface area contributed by atoms with Crippen molar-refractivity contribution < 1.29 is 14.3 Å². The number of aliphatic hydroxyl groups is 1. The molecule has 1 heterocycles. The first kappa shape index (κ1) is 12.1. The van der Waals surface area contributed by atoms with Crippen molar-refractivity contribution >= 4 is 0 Å². The molecule has 1 rings (SSSR count). The molecule has 0 amide bonds. The van der Waals surface area contributed by atoms with E-state index in [2.05, 4.69) is 26.1 Å². The number of hydrogen-bond donors (Lipinski definition) is 1. The van der Waals surface area contributed by atoms with Crippen LogP contribution in [0.2, 0.25) is 0 Å². The summed E-state index contributed by atoms with van der Waals surface area (Å²) in [4.78, 5) is 3.88. The normalized spacial score (nSPS) is 13.9. The van der Waals surface area contributed by atoms with E-state index in [1.54, 1.807) is 24.5 Å². The number of rotatable bonds is 5. The van der Waals surface area contributed by atoms with E-state index >= 15 is 0 Å². The van der Waals surface area contributed by atoms with Gasteiger partial charge in [0, 0.05) is 18.0 Å². The Morgan fingerprint density at radius 2 is 1.93 bits per heavy atom. The van der Waals surface area contributed by atoms with Gasteiger partial charge < -0.3 is 14.3 Å². The fraction of sp³-hybridized carbons (Fsp3) is 0.545. The Balaban J connectivity index is 2.34. The van der Waals surface area contributed by atoms with Crippen molar-refractivity contribution in [2.24, 2.45) is 0 Å². The molecular formula is C11H19N2O2+. The lowest BCUT2D eigenvalue weighted by Gasteiger charge is -2.24. The summed E-state index contributed by atoms with van der Waals surface area (Å²) >= 11 is 0. The SMILES string of the molecule is C[N+](C)(C)CCOC(O)c1ccncc1. The largest absolute Gasteiger partial charge is 0.364 e. The van der Waals surface area contributed by atoms with Gasteiger partial charge in [-0.25, -0.2) is 0 Å². The van der Waals surface area contributed by atoms with Crippen LogP contribution in [0, 0.1) is 0 Å². The molecule has 1 aromatic heterocycles. The molecule has 84 valence electrons. The molecule has 0 spiro atoms. The monoisotopic (exact) mass is 211 g/mol. The van der Waals surface area contributed by atoms with E-state index in [1.807, 2.05) is 0 Å². The summed E-state index contributed by atoms with van der Waals surface area (Å²) in [6, 6.07) is 3.49. The highest BCUT2D eigenvalue weighted by molar-refractivity contribution is 5.10. The molecular weight excluding hydrogens is 192 g/mol. The molecule has 1 aromatic rings.